The third-order valence-corrected chi connectivity index (χ3v) is 1.61. The average molecular weight is 177 g/mol. The van der Waals surface area contributed by atoms with Crippen LogP contribution in [-0.2, 0) is 4.67 Å². The van der Waals surface area contributed by atoms with E-state index in [4.69, 9.17) is 32.0 Å². The number of rotatable bonds is 2. The fraction of sp³-hybridized carbons (Fsp3) is 0.286. The number of ether oxygens (including phenoxy) is 1. The molecule has 0 unspecified atom stereocenters. The van der Waals surface area contributed by atoms with Gasteiger partial charge in [0.05, 0.1) is 22.8 Å². The highest BCUT2D eigenvalue weighted by Crippen LogP contribution is 2.21. The molecule has 0 aliphatic carbocycles. The normalized spacial score (nSPS) is 11.2. The van der Waals surface area contributed by atoms with Gasteiger partial charge in [0.2, 0.25) is 5.88 Å². The summed E-state index contributed by atoms with van der Waals surface area (Å²) < 4.78 is 3.48. The maximum absolute atomic E-state index is 5.63. The van der Waals surface area contributed by atoms with E-state index >= 15 is 0 Å². The van der Waals surface area contributed by atoms with Crippen LogP contribution in [0.2, 0.25) is 0 Å². The van der Waals surface area contributed by atoms with Gasteiger partial charge in [-0.3, -0.25) is 0 Å². The van der Waals surface area contributed by atoms with Crippen molar-refractivity contribution in [3.63, 3.8) is 0 Å². The molecule has 0 amide bonds. The molecule has 0 fully saturated rings. The van der Waals surface area contributed by atoms with Crippen LogP contribution in [0.1, 0.15) is 5.56 Å². The van der Waals surface area contributed by atoms with Crippen LogP contribution in [0, 0.1) is 0 Å². The predicted molar refractivity (Wildman–Crippen MR) is 49.8 cm³/mol. The van der Waals surface area contributed by atoms with Crippen molar-refractivity contribution in [3.05, 3.63) is 23.9 Å². The van der Waals surface area contributed by atoms with Crippen LogP contribution in [0.5, 0.6) is 5.88 Å². The molecule has 0 aliphatic heterocycles. The van der Waals surface area contributed by atoms with Crippen molar-refractivity contribution in [2.24, 2.45) is 0 Å². The smallest absolute Gasteiger partial charge is 0.212 e. The van der Waals surface area contributed by atoms with Gasteiger partial charge in [0, 0.05) is 12.3 Å². The number of alkyl halides is 1. The van der Waals surface area contributed by atoms with Crippen LogP contribution in [0.3, 0.4) is 0 Å². The van der Waals surface area contributed by atoms with Gasteiger partial charge in [-0.1, -0.05) is 6.07 Å². The Hall–Kier alpha value is -0.630. The Labute approximate surface area is 79.1 Å². The number of methoxy groups -OCH3 is 1. The van der Waals surface area contributed by atoms with Gasteiger partial charge in [0.15, 0.2) is 0 Å². The summed E-state index contributed by atoms with van der Waals surface area (Å²) in [6.45, 7) is 0. The lowest BCUT2D eigenvalue weighted by Gasteiger charge is -2.16. The van der Waals surface area contributed by atoms with E-state index < -0.39 is 4.67 Å². The molecule has 1 heterocycles. The molecule has 1 aromatic heterocycles. The van der Waals surface area contributed by atoms with Crippen LogP contribution < -0.4 is 4.74 Å². The summed E-state index contributed by atoms with van der Waals surface area (Å²) in [7, 11) is 12.3. The van der Waals surface area contributed by atoms with E-state index in [-0.39, 0.29) is 0 Å². The zero-order valence-corrected chi connectivity index (χ0v) is 7.38. The van der Waals surface area contributed by atoms with Crippen molar-refractivity contribution < 1.29 is 4.74 Å². The highest BCUT2D eigenvalue weighted by Gasteiger charge is 2.15. The van der Waals surface area contributed by atoms with E-state index in [1.807, 2.05) is 0 Å². The van der Waals surface area contributed by atoms with E-state index in [1.54, 1.807) is 12.1 Å². The monoisotopic (exact) mass is 177 g/mol. The predicted octanol–water partition coefficient (Wildman–Crippen LogP) is 0.776. The van der Waals surface area contributed by atoms with Gasteiger partial charge in [0.25, 0.3) is 0 Å². The van der Waals surface area contributed by atoms with Crippen LogP contribution in [0.15, 0.2) is 18.3 Å². The van der Waals surface area contributed by atoms with E-state index in [0.717, 1.165) is 0 Å². The molecule has 58 valence electrons. The van der Waals surface area contributed by atoms with E-state index in [0.29, 0.717) is 11.4 Å². The fourth-order valence-electron chi connectivity index (χ4n) is 0.728. The number of hydrogen-bond acceptors (Lipinski definition) is 2. The Kier molecular flexibility index (Phi) is 2.68. The van der Waals surface area contributed by atoms with Gasteiger partial charge in [-0.2, -0.15) is 0 Å². The maximum atomic E-state index is 5.63. The van der Waals surface area contributed by atoms with Crippen molar-refractivity contribution in [1.29, 1.82) is 0 Å². The van der Waals surface area contributed by atoms with Crippen LogP contribution >= 0.6 is 11.6 Å². The lowest BCUT2D eigenvalue weighted by Crippen LogP contribution is -2.18. The first-order chi connectivity index (χ1) is 5.54. The highest BCUT2D eigenvalue weighted by molar-refractivity contribution is 6.61. The summed E-state index contributed by atoms with van der Waals surface area (Å²) >= 11 is 5.63. The molecular formula is C7H6B2ClNO. The summed E-state index contributed by atoms with van der Waals surface area (Å²) in [6.07, 6.45) is 1.48. The molecule has 4 radical (unpaired) electrons. The Morgan fingerprint density at radius 1 is 1.50 bits per heavy atom. The molecule has 0 bridgehead atoms. The Balaban J connectivity index is 2.93. The summed E-state index contributed by atoms with van der Waals surface area (Å²) in [6, 6.07) is 3.31. The standard InChI is InChI=1S/C7H6B2ClNO/c1-12-6-3-2-5(4-11-6)7(8,9)10/h2-4H,1H3. The Bertz CT molecular complexity index is 257. The number of nitrogens with zero attached hydrogens (tertiary/aromatic N) is 1. The van der Waals surface area contributed by atoms with E-state index in [9.17, 15) is 0 Å². The summed E-state index contributed by atoms with van der Waals surface area (Å²) in [4.78, 5) is 3.90. The van der Waals surface area contributed by atoms with Crippen LogP contribution in [-0.4, -0.2) is 27.8 Å². The van der Waals surface area contributed by atoms with Gasteiger partial charge in [0.1, 0.15) is 0 Å². The second kappa shape index (κ2) is 3.40. The summed E-state index contributed by atoms with van der Waals surface area (Å²) in [5, 5.41) is 0. The molecule has 0 aliphatic rings. The summed E-state index contributed by atoms with van der Waals surface area (Å²) in [5.41, 5.74) is 0.546. The first-order valence-electron chi connectivity index (χ1n) is 3.31. The Morgan fingerprint density at radius 2 is 2.17 bits per heavy atom. The van der Waals surface area contributed by atoms with Crippen LogP contribution in [0.25, 0.3) is 0 Å². The van der Waals surface area contributed by atoms with Crippen molar-refractivity contribution in [2.45, 2.75) is 4.67 Å². The van der Waals surface area contributed by atoms with Gasteiger partial charge in [-0.15, -0.1) is 11.6 Å². The molecule has 0 atom stereocenters. The minimum atomic E-state index is -1.36. The fourth-order valence-corrected chi connectivity index (χ4v) is 0.839. The number of aromatic nitrogens is 1. The van der Waals surface area contributed by atoms with Crippen molar-refractivity contribution >= 4 is 27.3 Å². The molecule has 0 aromatic carbocycles. The zero-order chi connectivity index (χ0) is 9.19. The van der Waals surface area contributed by atoms with E-state index in [2.05, 4.69) is 4.98 Å². The minimum Gasteiger partial charge on any atom is -0.481 e. The van der Waals surface area contributed by atoms with Gasteiger partial charge < -0.3 is 4.74 Å². The average Bonchev–Trinajstić information content (AvgIpc) is 2.03. The molecule has 0 N–H and O–H groups in total. The highest BCUT2D eigenvalue weighted by atomic mass is 35.5. The molecular weight excluding hydrogens is 171 g/mol. The molecule has 1 rings (SSSR count). The molecule has 0 saturated heterocycles. The lowest BCUT2D eigenvalue weighted by atomic mass is 9.66. The van der Waals surface area contributed by atoms with Crippen molar-refractivity contribution in [2.75, 3.05) is 7.11 Å². The van der Waals surface area contributed by atoms with Crippen LogP contribution in [0.4, 0.5) is 0 Å². The Morgan fingerprint density at radius 3 is 2.50 bits per heavy atom. The maximum Gasteiger partial charge on any atom is 0.212 e. The lowest BCUT2D eigenvalue weighted by molar-refractivity contribution is 0.397. The quantitative estimate of drug-likeness (QED) is 0.492. The third-order valence-electron chi connectivity index (χ3n) is 1.39. The van der Waals surface area contributed by atoms with Gasteiger partial charge in [-0.05, 0) is 10.2 Å². The molecule has 0 spiro atoms. The van der Waals surface area contributed by atoms with Gasteiger partial charge in [-0.25, -0.2) is 4.98 Å². The molecule has 2 nitrogen and oxygen atoms in total. The summed E-state index contributed by atoms with van der Waals surface area (Å²) in [5.74, 6) is 0.500. The largest absolute Gasteiger partial charge is 0.481 e. The second-order valence-electron chi connectivity index (χ2n) is 2.36. The first kappa shape index (κ1) is 9.46. The SMILES string of the molecule is [B]C([B])(Cl)c1ccc(OC)nc1. The molecule has 0 saturated carbocycles. The number of pyridine rings is 1. The molecule has 5 heteroatoms. The van der Waals surface area contributed by atoms with E-state index in [1.165, 1.54) is 13.3 Å². The molecule has 1 aromatic rings. The topological polar surface area (TPSA) is 22.1 Å². The van der Waals surface area contributed by atoms with Crippen molar-refractivity contribution in [3.8, 4) is 5.88 Å². The van der Waals surface area contributed by atoms with Crippen molar-refractivity contribution in [1.82, 2.24) is 4.98 Å². The zero-order valence-electron chi connectivity index (χ0n) is 6.62. The van der Waals surface area contributed by atoms with Gasteiger partial charge >= 0.3 is 0 Å². The third kappa shape index (κ3) is 2.18. The first-order valence-corrected chi connectivity index (χ1v) is 3.69. The number of hydrogen-bond donors (Lipinski definition) is 0. The molecule has 12 heavy (non-hydrogen) atoms. The minimum absolute atomic E-state index is 0.500. The second-order valence-corrected chi connectivity index (χ2v) is 2.98. The number of halogens is 1.